The Morgan fingerprint density at radius 2 is 1.76 bits per heavy atom. The lowest BCUT2D eigenvalue weighted by molar-refractivity contribution is 0.460. The highest BCUT2D eigenvalue weighted by Gasteiger charge is 2.10. The molecule has 1 unspecified atom stereocenters. The number of aromatic hydroxyl groups is 1. The van der Waals surface area contributed by atoms with E-state index < -0.39 is 10.0 Å². The van der Waals surface area contributed by atoms with E-state index in [0.29, 0.717) is 6.54 Å². The smallest absolute Gasteiger partial charge is 0.238 e. The summed E-state index contributed by atoms with van der Waals surface area (Å²) in [5.41, 5.74) is 1.75. The molecule has 0 bridgehead atoms. The van der Waals surface area contributed by atoms with Crippen LogP contribution in [0.25, 0.3) is 0 Å². The minimum Gasteiger partial charge on any atom is -0.508 e. The number of benzene rings is 2. The van der Waals surface area contributed by atoms with Crippen molar-refractivity contribution < 1.29 is 13.5 Å². The van der Waals surface area contributed by atoms with Gasteiger partial charge >= 0.3 is 0 Å². The molecule has 2 aromatic rings. The predicted octanol–water partition coefficient (Wildman–Crippen LogP) is 1.89. The van der Waals surface area contributed by atoms with Crippen molar-refractivity contribution in [3.8, 4) is 5.75 Å². The number of rotatable bonds is 5. The highest BCUT2D eigenvalue weighted by Crippen LogP contribution is 2.19. The first kappa shape index (κ1) is 15.5. The van der Waals surface area contributed by atoms with Crippen LogP contribution in [0.2, 0.25) is 0 Å². The first-order valence-electron chi connectivity index (χ1n) is 6.51. The van der Waals surface area contributed by atoms with Gasteiger partial charge < -0.3 is 10.4 Å². The van der Waals surface area contributed by atoms with Crippen LogP contribution in [0, 0.1) is 0 Å². The van der Waals surface area contributed by atoms with E-state index in [9.17, 15) is 13.5 Å². The molecule has 0 heterocycles. The van der Waals surface area contributed by atoms with Crippen molar-refractivity contribution in [2.75, 3.05) is 0 Å². The Morgan fingerprint density at radius 1 is 1.14 bits per heavy atom. The first-order valence-corrected chi connectivity index (χ1v) is 8.05. The fourth-order valence-electron chi connectivity index (χ4n) is 1.99. The Labute approximate surface area is 124 Å². The van der Waals surface area contributed by atoms with Crippen LogP contribution in [0.3, 0.4) is 0 Å². The van der Waals surface area contributed by atoms with E-state index in [4.69, 9.17) is 5.14 Å². The molecule has 2 aromatic carbocycles. The zero-order valence-corrected chi connectivity index (χ0v) is 12.5. The van der Waals surface area contributed by atoms with Crippen molar-refractivity contribution in [3.05, 3.63) is 59.7 Å². The predicted molar refractivity (Wildman–Crippen MR) is 81.2 cm³/mol. The number of nitrogens with two attached hydrogens (primary N) is 1. The second-order valence-corrected chi connectivity index (χ2v) is 6.41. The molecule has 0 aliphatic heterocycles. The quantitative estimate of drug-likeness (QED) is 0.786. The number of phenols is 1. The molecule has 2 rings (SSSR count). The molecular weight excluding hydrogens is 288 g/mol. The first-order chi connectivity index (χ1) is 9.88. The Balaban J connectivity index is 2.04. The third-order valence-corrected chi connectivity index (χ3v) is 4.23. The second kappa shape index (κ2) is 6.26. The minimum absolute atomic E-state index is 0.0131. The van der Waals surface area contributed by atoms with E-state index in [0.717, 1.165) is 11.1 Å². The van der Waals surface area contributed by atoms with Gasteiger partial charge in [-0.3, -0.25) is 0 Å². The van der Waals surface area contributed by atoms with Crippen LogP contribution in [0.5, 0.6) is 5.75 Å². The van der Waals surface area contributed by atoms with Gasteiger partial charge in [0.05, 0.1) is 4.90 Å². The van der Waals surface area contributed by atoms with Crippen molar-refractivity contribution >= 4 is 10.0 Å². The molecule has 112 valence electrons. The van der Waals surface area contributed by atoms with Gasteiger partial charge in [0.25, 0.3) is 0 Å². The molecular formula is C15H18N2O3S. The van der Waals surface area contributed by atoms with E-state index in [1.54, 1.807) is 24.3 Å². The van der Waals surface area contributed by atoms with Crippen molar-refractivity contribution in [2.24, 2.45) is 5.14 Å². The number of sulfonamides is 1. The van der Waals surface area contributed by atoms with Crippen LogP contribution in [-0.4, -0.2) is 13.5 Å². The average molecular weight is 306 g/mol. The maximum atomic E-state index is 11.2. The van der Waals surface area contributed by atoms with E-state index in [1.165, 1.54) is 12.1 Å². The lowest BCUT2D eigenvalue weighted by atomic mass is 10.1. The van der Waals surface area contributed by atoms with Gasteiger partial charge in [0.1, 0.15) is 5.75 Å². The van der Waals surface area contributed by atoms with E-state index in [-0.39, 0.29) is 16.7 Å². The molecule has 0 amide bonds. The summed E-state index contributed by atoms with van der Waals surface area (Å²) < 4.78 is 22.4. The molecule has 0 spiro atoms. The Bertz CT molecular complexity index is 712. The van der Waals surface area contributed by atoms with Gasteiger partial charge in [0, 0.05) is 18.2 Å². The standard InChI is InChI=1S/C15H18N2O3S/c1-11(17-10-13-4-2-3-5-15(13)18)12-6-8-14(9-7-12)21(16,19)20/h2-9,11,17-18H,10H2,1H3,(H2,16,19,20). The maximum Gasteiger partial charge on any atom is 0.238 e. The summed E-state index contributed by atoms with van der Waals surface area (Å²) in [6.45, 7) is 2.48. The molecule has 0 radical (unpaired) electrons. The van der Waals surface area contributed by atoms with Crippen LogP contribution in [-0.2, 0) is 16.6 Å². The second-order valence-electron chi connectivity index (χ2n) is 4.85. The van der Waals surface area contributed by atoms with Crippen LogP contribution >= 0.6 is 0 Å². The number of hydrogen-bond donors (Lipinski definition) is 3. The van der Waals surface area contributed by atoms with Gasteiger partial charge in [-0.05, 0) is 30.7 Å². The molecule has 0 aromatic heterocycles. The van der Waals surface area contributed by atoms with Crippen LogP contribution in [0.1, 0.15) is 24.1 Å². The van der Waals surface area contributed by atoms with Gasteiger partial charge in [-0.2, -0.15) is 0 Å². The lowest BCUT2D eigenvalue weighted by Gasteiger charge is -2.15. The summed E-state index contributed by atoms with van der Waals surface area (Å²) in [5, 5.41) is 18.0. The fourth-order valence-corrected chi connectivity index (χ4v) is 2.50. The molecule has 5 nitrogen and oxygen atoms in total. The molecule has 0 aliphatic rings. The highest BCUT2D eigenvalue weighted by atomic mass is 32.2. The molecule has 21 heavy (non-hydrogen) atoms. The molecule has 0 aliphatic carbocycles. The number of para-hydroxylation sites is 1. The largest absolute Gasteiger partial charge is 0.508 e. The molecule has 0 saturated carbocycles. The molecule has 4 N–H and O–H groups in total. The van der Waals surface area contributed by atoms with E-state index in [1.807, 2.05) is 19.1 Å². The van der Waals surface area contributed by atoms with Gasteiger partial charge in [-0.25, -0.2) is 13.6 Å². The van der Waals surface area contributed by atoms with Crippen molar-refractivity contribution in [2.45, 2.75) is 24.4 Å². The molecule has 0 saturated heterocycles. The topological polar surface area (TPSA) is 92.4 Å². The maximum absolute atomic E-state index is 11.2. The van der Waals surface area contributed by atoms with E-state index in [2.05, 4.69) is 5.32 Å². The third kappa shape index (κ3) is 4.04. The fraction of sp³-hybridized carbons (Fsp3) is 0.200. The van der Waals surface area contributed by atoms with Gasteiger partial charge in [0.2, 0.25) is 10.0 Å². The number of nitrogens with one attached hydrogen (secondary N) is 1. The number of primary sulfonamides is 1. The zero-order chi connectivity index (χ0) is 15.5. The normalized spacial score (nSPS) is 13.0. The zero-order valence-electron chi connectivity index (χ0n) is 11.7. The summed E-state index contributed by atoms with van der Waals surface area (Å²) in [6, 6.07) is 13.6. The summed E-state index contributed by atoms with van der Waals surface area (Å²) in [7, 11) is -3.66. The SMILES string of the molecule is CC(NCc1ccccc1O)c1ccc(S(N)(=O)=O)cc1. The minimum atomic E-state index is -3.66. The summed E-state index contributed by atoms with van der Waals surface area (Å²) in [5.74, 6) is 0.252. The Morgan fingerprint density at radius 3 is 2.33 bits per heavy atom. The summed E-state index contributed by atoms with van der Waals surface area (Å²) in [6.07, 6.45) is 0. The molecule has 6 heteroatoms. The van der Waals surface area contributed by atoms with Crippen molar-refractivity contribution in [3.63, 3.8) is 0 Å². The summed E-state index contributed by atoms with van der Waals surface area (Å²) >= 11 is 0. The molecule has 1 atom stereocenters. The molecule has 0 fully saturated rings. The highest BCUT2D eigenvalue weighted by molar-refractivity contribution is 7.89. The number of hydrogen-bond acceptors (Lipinski definition) is 4. The van der Waals surface area contributed by atoms with Gasteiger partial charge in [0.15, 0.2) is 0 Å². The lowest BCUT2D eigenvalue weighted by Crippen LogP contribution is -2.18. The van der Waals surface area contributed by atoms with Crippen molar-refractivity contribution in [1.29, 1.82) is 0 Å². The van der Waals surface area contributed by atoms with Crippen LogP contribution in [0.4, 0.5) is 0 Å². The van der Waals surface area contributed by atoms with Crippen molar-refractivity contribution in [1.82, 2.24) is 5.32 Å². The van der Waals surface area contributed by atoms with E-state index >= 15 is 0 Å². The van der Waals surface area contributed by atoms with Gasteiger partial charge in [-0.1, -0.05) is 30.3 Å². The average Bonchev–Trinajstić information content (AvgIpc) is 2.45. The third-order valence-electron chi connectivity index (χ3n) is 3.30. The summed E-state index contributed by atoms with van der Waals surface area (Å²) in [4.78, 5) is 0.0964. The Kier molecular flexibility index (Phi) is 4.62. The number of phenolic OH excluding ortho intramolecular Hbond substituents is 1. The van der Waals surface area contributed by atoms with Crippen LogP contribution < -0.4 is 10.5 Å². The van der Waals surface area contributed by atoms with Crippen LogP contribution in [0.15, 0.2) is 53.4 Å². The Hall–Kier alpha value is -1.89. The van der Waals surface area contributed by atoms with Gasteiger partial charge in [-0.15, -0.1) is 0 Å². The monoisotopic (exact) mass is 306 g/mol.